The first-order valence-corrected chi connectivity index (χ1v) is 4.78. The van der Waals surface area contributed by atoms with E-state index in [1.807, 2.05) is 12.2 Å². The Balaban J connectivity index is 2.57. The molecule has 0 aromatic rings. The monoisotopic (exact) mass is 188 g/mol. The van der Waals surface area contributed by atoms with Crippen LogP contribution in [-0.2, 0) is 0 Å². The maximum absolute atomic E-state index is 3.07. The SMILES string of the molecule is CN1CC#C/C=C/C#CCN(C)CC1. The Hall–Kier alpha value is -1.22. The molecule has 0 radical (unpaired) electrons. The van der Waals surface area contributed by atoms with Crippen LogP contribution in [-0.4, -0.2) is 50.1 Å². The molecule has 2 heteroatoms. The first-order chi connectivity index (χ1) is 6.79. The molecule has 14 heavy (non-hydrogen) atoms. The van der Waals surface area contributed by atoms with Crippen molar-refractivity contribution in [3.63, 3.8) is 0 Å². The molecule has 0 saturated carbocycles. The summed E-state index contributed by atoms with van der Waals surface area (Å²) in [7, 11) is 4.17. The van der Waals surface area contributed by atoms with Gasteiger partial charge in [0.05, 0.1) is 13.1 Å². The van der Waals surface area contributed by atoms with Crippen LogP contribution in [0.3, 0.4) is 0 Å². The quantitative estimate of drug-likeness (QED) is 0.509. The number of rotatable bonds is 0. The molecule has 0 N–H and O–H groups in total. The molecule has 0 aromatic carbocycles. The molecule has 74 valence electrons. The summed E-state index contributed by atoms with van der Waals surface area (Å²) in [5.41, 5.74) is 0. The summed E-state index contributed by atoms with van der Waals surface area (Å²) in [5, 5.41) is 0. The van der Waals surface area contributed by atoms with E-state index in [4.69, 9.17) is 0 Å². The lowest BCUT2D eigenvalue weighted by molar-refractivity contribution is 0.291. The van der Waals surface area contributed by atoms with Gasteiger partial charge in [0.2, 0.25) is 0 Å². The molecule has 1 aliphatic rings. The number of hydrogen-bond donors (Lipinski definition) is 0. The van der Waals surface area contributed by atoms with Gasteiger partial charge in [0.15, 0.2) is 0 Å². The van der Waals surface area contributed by atoms with E-state index < -0.39 is 0 Å². The van der Waals surface area contributed by atoms with Crippen LogP contribution in [0, 0.1) is 23.7 Å². The minimum Gasteiger partial charge on any atom is -0.294 e. The molecule has 2 nitrogen and oxygen atoms in total. The van der Waals surface area contributed by atoms with Crippen molar-refractivity contribution in [1.29, 1.82) is 0 Å². The Bertz CT molecular complexity index is 277. The molecule has 0 atom stereocenters. The van der Waals surface area contributed by atoms with Crippen LogP contribution in [0.25, 0.3) is 0 Å². The van der Waals surface area contributed by atoms with E-state index in [9.17, 15) is 0 Å². The highest BCUT2D eigenvalue weighted by atomic mass is 15.2. The normalized spacial score (nSPS) is 21.9. The summed E-state index contributed by atoms with van der Waals surface area (Å²) < 4.78 is 0. The fraction of sp³-hybridized carbons (Fsp3) is 0.500. The van der Waals surface area contributed by atoms with Gasteiger partial charge in [0, 0.05) is 13.1 Å². The summed E-state index contributed by atoms with van der Waals surface area (Å²) in [5.74, 6) is 12.1. The van der Waals surface area contributed by atoms with Crippen LogP contribution >= 0.6 is 0 Å². The van der Waals surface area contributed by atoms with Gasteiger partial charge in [-0.05, 0) is 26.2 Å². The van der Waals surface area contributed by atoms with Gasteiger partial charge in [-0.25, -0.2) is 0 Å². The third-order valence-corrected chi connectivity index (χ3v) is 2.02. The highest BCUT2D eigenvalue weighted by Gasteiger charge is 1.99. The van der Waals surface area contributed by atoms with Crippen molar-refractivity contribution >= 4 is 0 Å². The smallest absolute Gasteiger partial charge is 0.0603 e. The molecule has 0 amide bonds. The van der Waals surface area contributed by atoms with Crippen LogP contribution in [0.5, 0.6) is 0 Å². The van der Waals surface area contributed by atoms with E-state index in [1.54, 1.807) is 0 Å². The van der Waals surface area contributed by atoms with Crippen molar-refractivity contribution in [3.05, 3.63) is 12.2 Å². The minimum absolute atomic E-state index is 0.825. The highest BCUT2D eigenvalue weighted by molar-refractivity contribution is 5.25. The van der Waals surface area contributed by atoms with Crippen LogP contribution < -0.4 is 0 Å². The predicted molar refractivity (Wildman–Crippen MR) is 59.7 cm³/mol. The second-order valence-corrected chi connectivity index (χ2v) is 3.45. The Labute approximate surface area is 86.6 Å². The summed E-state index contributed by atoms with van der Waals surface area (Å²) in [4.78, 5) is 4.43. The molecule has 1 rings (SSSR count). The minimum atomic E-state index is 0.825. The summed E-state index contributed by atoms with van der Waals surface area (Å²) in [6, 6.07) is 0. The average molecular weight is 188 g/mol. The van der Waals surface area contributed by atoms with Gasteiger partial charge in [-0.1, -0.05) is 23.7 Å². The summed E-state index contributed by atoms with van der Waals surface area (Å²) >= 11 is 0. The van der Waals surface area contributed by atoms with Gasteiger partial charge in [0.1, 0.15) is 0 Å². The van der Waals surface area contributed by atoms with Gasteiger partial charge in [0.25, 0.3) is 0 Å². The highest BCUT2D eigenvalue weighted by Crippen LogP contribution is 1.86. The van der Waals surface area contributed by atoms with Crippen molar-refractivity contribution in [2.24, 2.45) is 0 Å². The Morgan fingerprint density at radius 3 is 1.71 bits per heavy atom. The van der Waals surface area contributed by atoms with Gasteiger partial charge < -0.3 is 0 Å². The van der Waals surface area contributed by atoms with Crippen LogP contribution in [0.1, 0.15) is 0 Å². The standard InChI is InChI=1S/C12H16N2/c1-13-9-7-5-3-4-6-8-10-14(2)12-11-13/h3-4H,9-12H2,1-2H3/b4-3+. The molecular formula is C12H16N2. The van der Waals surface area contributed by atoms with Crippen LogP contribution in [0.4, 0.5) is 0 Å². The van der Waals surface area contributed by atoms with E-state index in [0.29, 0.717) is 0 Å². The first kappa shape index (κ1) is 10.9. The number of nitrogens with zero attached hydrogens (tertiary/aromatic N) is 2. The van der Waals surface area contributed by atoms with Crippen molar-refractivity contribution in [2.45, 2.75) is 0 Å². The zero-order valence-corrected chi connectivity index (χ0v) is 8.88. The number of likely N-dealkylation sites (N-methyl/N-ethyl adjacent to an activating group) is 2. The fourth-order valence-electron chi connectivity index (χ4n) is 1.06. The maximum atomic E-state index is 3.07. The molecule has 0 spiro atoms. The van der Waals surface area contributed by atoms with Gasteiger partial charge in [-0.3, -0.25) is 9.80 Å². The van der Waals surface area contributed by atoms with E-state index >= 15 is 0 Å². The Kier molecular flexibility index (Phi) is 4.86. The summed E-state index contributed by atoms with van der Waals surface area (Å²) in [6.45, 7) is 3.73. The number of allylic oxidation sites excluding steroid dienone is 2. The summed E-state index contributed by atoms with van der Waals surface area (Å²) in [6.07, 6.45) is 3.62. The second-order valence-electron chi connectivity index (χ2n) is 3.45. The zero-order chi connectivity index (χ0) is 10.2. The number of hydrogen-bond acceptors (Lipinski definition) is 2. The fourth-order valence-corrected chi connectivity index (χ4v) is 1.06. The lowest BCUT2D eigenvalue weighted by Gasteiger charge is -2.18. The van der Waals surface area contributed by atoms with Crippen LogP contribution in [0.15, 0.2) is 12.2 Å². The Morgan fingerprint density at radius 2 is 1.29 bits per heavy atom. The topological polar surface area (TPSA) is 6.48 Å². The molecular weight excluding hydrogens is 172 g/mol. The van der Waals surface area contributed by atoms with Gasteiger partial charge >= 0.3 is 0 Å². The van der Waals surface area contributed by atoms with Gasteiger partial charge in [-0.2, -0.15) is 0 Å². The largest absolute Gasteiger partial charge is 0.294 e. The van der Waals surface area contributed by atoms with Gasteiger partial charge in [-0.15, -0.1) is 0 Å². The van der Waals surface area contributed by atoms with Crippen molar-refractivity contribution in [3.8, 4) is 23.7 Å². The molecule has 1 aliphatic heterocycles. The molecule has 0 unspecified atom stereocenters. The van der Waals surface area contributed by atoms with Crippen molar-refractivity contribution in [1.82, 2.24) is 9.80 Å². The Morgan fingerprint density at radius 1 is 0.857 bits per heavy atom. The predicted octanol–water partition coefficient (Wildman–Crippen LogP) is 0.427. The first-order valence-electron chi connectivity index (χ1n) is 4.78. The van der Waals surface area contributed by atoms with E-state index in [-0.39, 0.29) is 0 Å². The molecule has 0 bridgehead atoms. The molecule has 0 fully saturated rings. The van der Waals surface area contributed by atoms with Crippen molar-refractivity contribution < 1.29 is 0 Å². The molecule has 1 heterocycles. The van der Waals surface area contributed by atoms with E-state index in [0.717, 1.165) is 26.2 Å². The van der Waals surface area contributed by atoms with Crippen LogP contribution in [0.2, 0.25) is 0 Å². The average Bonchev–Trinajstić information content (AvgIpc) is 2.17. The lowest BCUT2D eigenvalue weighted by Crippen LogP contribution is -2.31. The molecule has 0 aromatic heterocycles. The zero-order valence-electron chi connectivity index (χ0n) is 8.88. The van der Waals surface area contributed by atoms with E-state index in [1.165, 1.54) is 0 Å². The van der Waals surface area contributed by atoms with E-state index in [2.05, 4.69) is 47.6 Å². The third kappa shape index (κ3) is 4.72. The van der Waals surface area contributed by atoms with Crippen molar-refractivity contribution in [2.75, 3.05) is 40.3 Å². The molecule has 0 aliphatic carbocycles. The lowest BCUT2D eigenvalue weighted by atomic mass is 10.4. The molecule has 0 saturated heterocycles. The maximum Gasteiger partial charge on any atom is 0.0603 e. The third-order valence-electron chi connectivity index (χ3n) is 2.02. The second kappa shape index (κ2) is 6.27.